The first kappa shape index (κ1) is 9.51. The van der Waals surface area contributed by atoms with Crippen molar-refractivity contribution in [2.45, 2.75) is 0 Å². The minimum absolute atomic E-state index is 0.00963. The van der Waals surface area contributed by atoms with E-state index in [4.69, 9.17) is 15.9 Å². The van der Waals surface area contributed by atoms with E-state index in [2.05, 4.69) is 0 Å². The van der Waals surface area contributed by atoms with Crippen molar-refractivity contribution in [2.75, 3.05) is 13.3 Å². The number of alkyl halides is 1. The van der Waals surface area contributed by atoms with Crippen LogP contribution < -0.4 is 10.5 Å². The SMILES string of the molecule is N=C(N)c1ccccc1OCCF. The fourth-order valence-corrected chi connectivity index (χ4v) is 0.964. The molecule has 0 spiro atoms. The summed E-state index contributed by atoms with van der Waals surface area (Å²) in [6, 6.07) is 6.82. The molecule has 0 aliphatic heterocycles. The predicted octanol–water partition coefficient (Wildman–Crippen LogP) is 1.32. The number of amidine groups is 1. The summed E-state index contributed by atoms with van der Waals surface area (Å²) in [5, 5.41) is 7.22. The van der Waals surface area contributed by atoms with E-state index in [9.17, 15) is 4.39 Å². The van der Waals surface area contributed by atoms with Gasteiger partial charge in [-0.05, 0) is 12.1 Å². The molecule has 0 heterocycles. The Morgan fingerprint density at radius 1 is 1.46 bits per heavy atom. The van der Waals surface area contributed by atoms with Gasteiger partial charge in [0.05, 0.1) is 5.56 Å². The summed E-state index contributed by atoms with van der Waals surface area (Å²) in [4.78, 5) is 0. The third-order valence-corrected chi connectivity index (χ3v) is 1.51. The number of nitrogen functional groups attached to an aromatic ring is 1. The Kier molecular flexibility index (Phi) is 3.25. The fraction of sp³-hybridized carbons (Fsp3) is 0.222. The second kappa shape index (κ2) is 4.45. The van der Waals surface area contributed by atoms with Crippen LogP contribution in [-0.2, 0) is 0 Å². The fourth-order valence-electron chi connectivity index (χ4n) is 0.964. The highest BCUT2D eigenvalue weighted by atomic mass is 19.1. The maximum atomic E-state index is 11.8. The van der Waals surface area contributed by atoms with Crippen LogP contribution in [0, 0.1) is 5.41 Å². The van der Waals surface area contributed by atoms with Crippen molar-refractivity contribution in [3.63, 3.8) is 0 Å². The summed E-state index contributed by atoms with van der Waals surface area (Å²) in [6.45, 7) is -0.559. The zero-order valence-corrected chi connectivity index (χ0v) is 7.09. The van der Waals surface area contributed by atoms with Crippen molar-refractivity contribution in [1.82, 2.24) is 0 Å². The van der Waals surface area contributed by atoms with Crippen LogP contribution >= 0.6 is 0 Å². The van der Waals surface area contributed by atoms with E-state index in [-0.39, 0.29) is 12.4 Å². The molecule has 0 saturated heterocycles. The van der Waals surface area contributed by atoms with E-state index in [1.807, 2.05) is 0 Å². The molecule has 1 aromatic carbocycles. The van der Waals surface area contributed by atoms with Gasteiger partial charge in [-0.3, -0.25) is 5.41 Å². The maximum absolute atomic E-state index is 11.8. The number of hydrogen-bond donors (Lipinski definition) is 2. The lowest BCUT2D eigenvalue weighted by molar-refractivity contribution is 0.273. The first-order valence-electron chi connectivity index (χ1n) is 3.88. The summed E-state index contributed by atoms with van der Waals surface area (Å²) >= 11 is 0. The normalized spacial score (nSPS) is 9.62. The molecule has 0 aromatic heterocycles. The molecule has 0 atom stereocenters. The van der Waals surface area contributed by atoms with Crippen LogP contribution in [0.3, 0.4) is 0 Å². The van der Waals surface area contributed by atoms with Crippen LogP contribution in [-0.4, -0.2) is 19.1 Å². The van der Waals surface area contributed by atoms with Gasteiger partial charge in [-0.25, -0.2) is 4.39 Å². The zero-order valence-electron chi connectivity index (χ0n) is 7.09. The van der Waals surface area contributed by atoms with Crippen LogP contribution in [0.1, 0.15) is 5.56 Å². The largest absolute Gasteiger partial charge is 0.490 e. The van der Waals surface area contributed by atoms with Gasteiger partial charge in [0.1, 0.15) is 24.9 Å². The van der Waals surface area contributed by atoms with Gasteiger partial charge in [0, 0.05) is 0 Å². The van der Waals surface area contributed by atoms with Crippen molar-refractivity contribution in [3.8, 4) is 5.75 Å². The van der Waals surface area contributed by atoms with Crippen molar-refractivity contribution in [2.24, 2.45) is 5.73 Å². The highest BCUT2D eigenvalue weighted by Crippen LogP contribution is 2.16. The molecule has 3 nitrogen and oxygen atoms in total. The Hall–Kier alpha value is -1.58. The summed E-state index contributed by atoms with van der Waals surface area (Å²) in [5.41, 5.74) is 5.79. The average molecular weight is 182 g/mol. The smallest absolute Gasteiger partial charge is 0.130 e. The topological polar surface area (TPSA) is 59.1 Å². The van der Waals surface area contributed by atoms with E-state index in [0.29, 0.717) is 11.3 Å². The number of benzene rings is 1. The Balaban J connectivity index is 2.84. The number of nitrogens with one attached hydrogen (secondary N) is 1. The van der Waals surface area contributed by atoms with E-state index in [1.165, 1.54) is 0 Å². The first-order valence-corrected chi connectivity index (χ1v) is 3.88. The van der Waals surface area contributed by atoms with Crippen molar-refractivity contribution in [1.29, 1.82) is 5.41 Å². The van der Waals surface area contributed by atoms with Crippen molar-refractivity contribution in [3.05, 3.63) is 29.8 Å². The van der Waals surface area contributed by atoms with Crippen molar-refractivity contribution < 1.29 is 9.13 Å². The molecular weight excluding hydrogens is 171 g/mol. The molecule has 0 unspecified atom stereocenters. The number of ether oxygens (including phenoxy) is 1. The van der Waals surface area contributed by atoms with Gasteiger partial charge < -0.3 is 10.5 Å². The Morgan fingerprint density at radius 2 is 2.15 bits per heavy atom. The predicted molar refractivity (Wildman–Crippen MR) is 48.9 cm³/mol. The molecule has 13 heavy (non-hydrogen) atoms. The molecule has 4 heteroatoms. The molecule has 1 aromatic rings. The van der Waals surface area contributed by atoms with E-state index >= 15 is 0 Å². The molecule has 1 rings (SSSR count). The monoisotopic (exact) mass is 182 g/mol. The summed E-state index contributed by atoms with van der Waals surface area (Å²) in [6.07, 6.45) is 0. The molecule has 0 saturated carbocycles. The minimum Gasteiger partial charge on any atom is -0.490 e. The second-order valence-corrected chi connectivity index (χ2v) is 2.45. The maximum Gasteiger partial charge on any atom is 0.130 e. The quantitative estimate of drug-likeness (QED) is 0.545. The summed E-state index contributed by atoms with van der Waals surface area (Å²) in [7, 11) is 0. The lowest BCUT2D eigenvalue weighted by atomic mass is 10.2. The molecule has 0 fully saturated rings. The highest BCUT2D eigenvalue weighted by Gasteiger charge is 2.04. The molecule has 0 aliphatic rings. The number of para-hydroxylation sites is 1. The Morgan fingerprint density at radius 3 is 2.77 bits per heavy atom. The minimum atomic E-state index is -0.549. The Labute approximate surface area is 75.8 Å². The van der Waals surface area contributed by atoms with Gasteiger partial charge in [0.2, 0.25) is 0 Å². The number of rotatable bonds is 4. The van der Waals surface area contributed by atoms with Crippen LogP contribution in [0.25, 0.3) is 0 Å². The second-order valence-electron chi connectivity index (χ2n) is 2.45. The molecule has 70 valence electrons. The summed E-state index contributed by atoms with van der Waals surface area (Å²) < 4.78 is 16.9. The first-order chi connectivity index (χ1) is 6.25. The molecule has 3 N–H and O–H groups in total. The molecule has 0 amide bonds. The third-order valence-electron chi connectivity index (χ3n) is 1.51. The lowest BCUT2D eigenvalue weighted by Crippen LogP contribution is -2.13. The van der Waals surface area contributed by atoms with Gasteiger partial charge in [-0.2, -0.15) is 0 Å². The molecule has 0 aliphatic carbocycles. The number of nitrogens with two attached hydrogens (primary N) is 1. The van der Waals surface area contributed by atoms with E-state index in [1.54, 1.807) is 24.3 Å². The highest BCUT2D eigenvalue weighted by molar-refractivity contribution is 5.97. The molecule has 0 bridgehead atoms. The molecular formula is C9H11FN2O. The number of hydrogen-bond acceptors (Lipinski definition) is 2. The van der Waals surface area contributed by atoms with Gasteiger partial charge in [0.15, 0.2) is 0 Å². The van der Waals surface area contributed by atoms with Gasteiger partial charge in [-0.15, -0.1) is 0 Å². The van der Waals surface area contributed by atoms with Crippen LogP contribution in [0.2, 0.25) is 0 Å². The van der Waals surface area contributed by atoms with E-state index in [0.717, 1.165) is 0 Å². The average Bonchev–Trinajstić information content (AvgIpc) is 2.15. The van der Waals surface area contributed by atoms with Gasteiger partial charge in [0.25, 0.3) is 0 Å². The van der Waals surface area contributed by atoms with Gasteiger partial charge in [-0.1, -0.05) is 12.1 Å². The van der Waals surface area contributed by atoms with Crippen LogP contribution in [0.4, 0.5) is 4.39 Å². The van der Waals surface area contributed by atoms with Gasteiger partial charge >= 0.3 is 0 Å². The lowest BCUT2D eigenvalue weighted by Gasteiger charge is -2.07. The number of halogens is 1. The van der Waals surface area contributed by atoms with Crippen LogP contribution in [0.15, 0.2) is 24.3 Å². The van der Waals surface area contributed by atoms with Crippen LogP contribution in [0.5, 0.6) is 5.75 Å². The Bertz CT molecular complexity index is 301. The third kappa shape index (κ3) is 2.43. The zero-order chi connectivity index (χ0) is 9.68. The van der Waals surface area contributed by atoms with E-state index < -0.39 is 6.67 Å². The summed E-state index contributed by atoms with van der Waals surface area (Å²) in [5.74, 6) is 0.377. The standard InChI is InChI=1S/C9H11FN2O/c10-5-6-13-8-4-2-1-3-7(8)9(11)12/h1-4H,5-6H2,(H3,11,12). The van der Waals surface area contributed by atoms with Crippen molar-refractivity contribution >= 4 is 5.84 Å². The molecule has 0 radical (unpaired) electrons.